The highest BCUT2D eigenvalue weighted by molar-refractivity contribution is 7.22. The van der Waals surface area contributed by atoms with Crippen LogP contribution in [0.1, 0.15) is 24.5 Å². The zero-order valence-corrected chi connectivity index (χ0v) is 16.4. The van der Waals surface area contributed by atoms with Crippen LogP contribution in [0.3, 0.4) is 0 Å². The van der Waals surface area contributed by atoms with E-state index in [1.54, 1.807) is 11.3 Å². The molecule has 0 unspecified atom stereocenters. The van der Waals surface area contributed by atoms with E-state index in [-0.39, 0.29) is 0 Å². The highest BCUT2D eigenvalue weighted by Crippen LogP contribution is 2.34. The summed E-state index contributed by atoms with van der Waals surface area (Å²) in [6.07, 6.45) is 7.06. The van der Waals surface area contributed by atoms with E-state index >= 15 is 0 Å². The van der Waals surface area contributed by atoms with E-state index in [2.05, 4.69) is 41.1 Å². The average Bonchev–Trinajstić information content (AvgIpc) is 3.15. The number of fused-ring (bicyclic) bond motifs is 1. The minimum atomic E-state index is 0.809. The molecule has 1 amide bonds. The molecule has 0 N–H and O–H groups in total. The molecule has 0 aromatic carbocycles. The maximum atomic E-state index is 10.8. The zero-order chi connectivity index (χ0) is 18.6. The lowest BCUT2D eigenvalue weighted by Crippen LogP contribution is -2.45. The molecule has 6 heteroatoms. The molecule has 1 aliphatic rings. The second-order valence-electron chi connectivity index (χ2n) is 7.01. The molecule has 0 bridgehead atoms. The molecule has 3 aromatic heterocycles. The summed E-state index contributed by atoms with van der Waals surface area (Å²) < 4.78 is 1.29. The van der Waals surface area contributed by atoms with Gasteiger partial charge in [0.2, 0.25) is 6.41 Å². The van der Waals surface area contributed by atoms with Crippen molar-refractivity contribution in [1.29, 1.82) is 0 Å². The van der Waals surface area contributed by atoms with Gasteiger partial charge >= 0.3 is 0 Å². The third kappa shape index (κ3) is 4.01. The highest BCUT2D eigenvalue weighted by Gasteiger charge is 2.16. The van der Waals surface area contributed by atoms with Crippen LogP contribution in [0.5, 0.6) is 0 Å². The van der Waals surface area contributed by atoms with Gasteiger partial charge in [0.05, 0.1) is 20.8 Å². The van der Waals surface area contributed by atoms with E-state index in [1.807, 2.05) is 17.3 Å². The molecule has 0 atom stereocenters. The van der Waals surface area contributed by atoms with Gasteiger partial charge in [0.25, 0.3) is 0 Å². The first-order chi connectivity index (χ1) is 13.3. The number of aromatic nitrogens is 2. The molecule has 0 saturated carbocycles. The van der Waals surface area contributed by atoms with Crippen molar-refractivity contribution in [3.8, 4) is 10.6 Å². The van der Waals surface area contributed by atoms with Crippen molar-refractivity contribution in [3.05, 3.63) is 47.8 Å². The van der Waals surface area contributed by atoms with Crippen molar-refractivity contribution in [2.75, 3.05) is 26.2 Å². The van der Waals surface area contributed by atoms with Crippen LogP contribution < -0.4 is 0 Å². The summed E-state index contributed by atoms with van der Waals surface area (Å²) in [4.78, 5) is 25.4. The van der Waals surface area contributed by atoms with Crippen molar-refractivity contribution < 1.29 is 4.79 Å². The lowest BCUT2D eigenvalue weighted by molar-refractivity contribution is -0.119. The lowest BCUT2D eigenvalue weighted by atomic mass is 10.1. The van der Waals surface area contributed by atoms with Crippen molar-refractivity contribution in [3.63, 3.8) is 0 Å². The van der Waals surface area contributed by atoms with Crippen LogP contribution >= 0.6 is 11.3 Å². The molecule has 0 radical (unpaired) electrons. The van der Waals surface area contributed by atoms with Gasteiger partial charge in [-0.15, -0.1) is 11.3 Å². The van der Waals surface area contributed by atoms with Crippen molar-refractivity contribution >= 4 is 28.0 Å². The van der Waals surface area contributed by atoms with Gasteiger partial charge in [-0.1, -0.05) is 19.4 Å². The number of piperazine rings is 1. The van der Waals surface area contributed by atoms with E-state index in [0.29, 0.717) is 0 Å². The van der Waals surface area contributed by atoms with E-state index in [1.165, 1.54) is 20.7 Å². The molecule has 0 aliphatic carbocycles. The van der Waals surface area contributed by atoms with Crippen molar-refractivity contribution in [2.45, 2.75) is 26.3 Å². The van der Waals surface area contributed by atoms with Crippen LogP contribution in [0.4, 0.5) is 0 Å². The molecule has 140 valence electrons. The molecule has 5 nitrogen and oxygen atoms in total. The van der Waals surface area contributed by atoms with E-state index in [9.17, 15) is 4.79 Å². The number of aryl methyl sites for hydroxylation is 1. The number of amides is 1. The summed E-state index contributed by atoms with van der Waals surface area (Å²) in [5.74, 6) is 0. The Balaban J connectivity index is 1.48. The van der Waals surface area contributed by atoms with Gasteiger partial charge in [0, 0.05) is 45.1 Å². The summed E-state index contributed by atoms with van der Waals surface area (Å²) in [7, 11) is 0. The third-order valence-corrected chi connectivity index (χ3v) is 6.27. The molecular formula is C21H24N4OS. The molecule has 3 aromatic rings. The monoisotopic (exact) mass is 380 g/mol. The van der Waals surface area contributed by atoms with Gasteiger partial charge in [-0.2, -0.15) is 0 Å². The average molecular weight is 381 g/mol. The number of pyridine rings is 2. The van der Waals surface area contributed by atoms with Crippen LogP contribution in [0.2, 0.25) is 0 Å². The first-order valence-corrected chi connectivity index (χ1v) is 10.3. The Morgan fingerprint density at radius 1 is 1.15 bits per heavy atom. The van der Waals surface area contributed by atoms with E-state index in [4.69, 9.17) is 4.98 Å². The minimum Gasteiger partial charge on any atom is -0.343 e. The smallest absolute Gasteiger partial charge is 0.209 e. The Bertz CT molecular complexity index is 914. The number of thiophene rings is 1. The second kappa shape index (κ2) is 8.15. The normalized spacial score (nSPS) is 15.4. The maximum absolute atomic E-state index is 10.8. The van der Waals surface area contributed by atoms with Gasteiger partial charge in [0.15, 0.2) is 0 Å². The predicted molar refractivity (Wildman–Crippen MR) is 110 cm³/mol. The topological polar surface area (TPSA) is 49.3 Å². The summed E-state index contributed by atoms with van der Waals surface area (Å²) in [5, 5.41) is 0. The van der Waals surface area contributed by atoms with Gasteiger partial charge in [-0.3, -0.25) is 19.7 Å². The van der Waals surface area contributed by atoms with E-state index in [0.717, 1.165) is 63.2 Å². The van der Waals surface area contributed by atoms with Crippen LogP contribution in [0.15, 0.2) is 36.7 Å². The lowest BCUT2D eigenvalue weighted by Gasteiger charge is -2.32. The summed E-state index contributed by atoms with van der Waals surface area (Å²) in [6, 6.07) is 8.56. The fraction of sp³-hybridized carbons (Fsp3) is 0.381. The minimum absolute atomic E-state index is 0.809. The van der Waals surface area contributed by atoms with Gasteiger partial charge in [-0.05, 0) is 35.7 Å². The molecule has 0 spiro atoms. The number of hydrogen-bond acceptors (Lipinski definition) is 5. The summed E-state index contributed by atoms with van der Waals surface area (Å²) >= 11 is 1.79. The van der Waals surface area contributed by atoms with Gasteiger partial charge < -0.3 is 4.90 Å². The summed E-state index contributed by atoms with van der Waals surface area (Å²) in [6.45, 7) is 6.55. The fourth-order valence-corrected chi connectivity index (χ4v) is 4.67. The summed E-state index contributed by atoms with van der Waals surface area (Å²) in [5.41, 5.74) is 4.67. The van der Waals surface area contributed by atoms with E-state index < -0.39 is 0 Å². The Labute approximate surface area is 163 Å². The molecule has 1 fully saturated rings. The van der Waals surface area contributed by atoms with Gasteiger partial charge in [-0.25, -0.2) is 0 Å². The predicted octanol–water partition coefficient (Wildman–Crippen LogP) is 3.58. The highest BCUT2D eigenvalue weighted by atomic mass is 32.1. The Hall–Kier alpha value is -2.31. The first-order valence-electron chi connectivity index (χ1n) is 9.51. The number of carbonyl (C=O) groups is 1. The number of nitrogens with zero attached hydrogens (tertiary/aromatic N) is 4. The van der Waals surface area contributed by atoms with Crippen molar-refractivity contribution in [2.24, 2.45) is 0 Å². The standard InChI is InChI=1S/C21H24N4OS/c1-2-3-17-6-7-22-19-12-20(27-21(17)19)18-5-4-16(13-23-18)14-24-8-10-25(15-26)11-9-24/h4-7,12-13,15H,2-3,8-11,14H2,1H3. The van der Waals surface area contributed by atoms with Crippen LogP contribution in [0, 0.1) is 0 Å². The molecular weight excluding hydrogens is 356 g/mol. The SMILES string of the molecule is CCCc1ccnc2cc(-c3ccc(CN4CCN(C=O)CC4)cn3)sc12. The molecule has 4 rings (SSSR count). The largest absolute Gasteiger partial charge is 0.343 e. The Morgan fingerprint density at radius 3 is 2.70 bits per heavy atom. The Kier molecular flexibility index (Phi) is 5.45. The fourth-order valence-electron chi connectivity index (χ4n) is 3.53. The zero-order valence-electron chi connectivity index (χ0n) is 15.6. The molecule has 1 aliphatic heterocycles. The molecule has 1 saturated heterocycles. The van der Waals surface area contributed by atoms with Gasteiger partial charge in [0.1, 0.15) is 0 Å². The number of carbonyl (C=O) groups excluding carboxylic acids is 1. The number of hydrogen-bond donors (Lipinski definition) is 0. The maximum Gasteiger partial charge on any atom is 0.209 e. The quantitative estimate of drug-likeness (QED) is 0.613. The van der Waals surface area contributed by atoms with Crippen LogP contribution in [0.25, 0.3) is 20.8 Å². The van der Waals surface area contributed by atoms with Crippen molar-refractivity contribution in [1.82, 2.24) is 19.8 Å². The first kappa shape index (κ1) is 18.1. The van der Waals surface area contributed by atoms with Crippen LogP contribution in [-0.2, 0) is 17.8 Å². The number of rotatable bonds is 6. The molecule has 27 heavy (non-hydrogen) atoms. The third-order valence-electron chi connectivity index (χ3n) is 5.05. The Morgan fingerprint density at radius 2 is 2.00 bits per heavy atom. The van der Waals surface area contributed by atoms with Crippen LogP contribution in [-0.4, -0.2) is 52.4 Å². The second-order valence-corrected chi connectivity index (χ2v) is 8.07. The molecule has 4 heterocycles.